The molecule has 1 atom stereocenters. The molecule has 2 aromatic carbocycles. The van der Waals surface area contributed by atoms with E-state index in [9.17, 15) is 4.79 Å². The largest absolute Gasteiger partial charge is 0.497 e. The number of rotatable bonds is 8. The van der Waals surface area contributed by atoms with Crippen molar-refractivity contribution in [1.29, 1.82) is 0 Å². The van der Waals surface area contributed by atoms with Crippen LogP contribution >= 0.6 is 11.6 Å². The van der Waals surface area contributed by atoms with E-state index in [4.69, 9.17) is 30.5 Å². The predicted molar refractivity (Wildman–Crippen MR) is 121 cm³/mol. The number of nitrogens with zero attached hydrogens (tertiary/aromatic N) is 1. The number of carbonyl (C=O) groups is 1. The van der Waals surface area contributed by atoms with Crippen molar-refractivity contribution in [2.75, 3.05) is 34.5 Å². The molecule has 0 bridgehead atoms. The van der Waals surface area contributed by atoms with Crippen molar-refractivity contribution < 1.29 is 23.7 Å². The van der Waals surface area contributed by atoms with Gasteiger partial charge in [-0.1, -0.05) is 11.6 Å². The Morgan fingerprint density at radius 1 is 1.13 bits per heavy atom. The molecule has 2 aromatic rings. The maximum Gasteiger partial charge on any atom is 0.247 e. The molecule has 1 aliphatic rings. The molecule has 1 unspecified atom stereocenters. The lowest BCUT2D eigenvalue weighted by Crippen LogP contribution is -2.29. The molecule has 0 spiro atoms. The summed E-state index contributed by atoms with van der Waals surface area (Å²) in [6.07, 6.45) is 5.10. The molecule has 3 rings (SSSR count). The normalized spacial score (nSPS) is 15.9. The van der Waals surface area contributed by atoms with Gasteiger partial charge in [0.2, 0.25) is 5.91 Å². The highest BCUT2D eigenvalue weighted by Gasteiger charge is 2.31. The molecule has 0 radical (unpaired) electrons. The molecule has 1 aliphatic heterocycles. The van der Waals surface area contributed by atoms with Crippen molar-refractivity contribution in [2.24, 2.45) is 0 Å². The van der Waals surface area contributed by atoms with Gasteiger partial charge in [0, 0.05) is 18.2 Å². The van der Waals surface area contributed by atoms with Crippen LogP contribution < -0.4 is 18.9 Å². The van der Waals surface area contributed by atoms with Crippen molar-refractivity contribution in [3.05, 3.63) is 52.6 Å². The number of carbonyl (C=O) groups excluding carboxylic acids is 1. The first-order valence-electron chi connectivity index (χ1n) is 10.2. The number of benzene rings is 2. The van der Waals surface area contributed by atoms with Gasteiger partial charge in [0.1, 0.15) is 11.5 Å². The molecular formula is C24H28ClNO5. The monoisotopic (exact) mass is 445 g/mol. The predicted octanol–water partition coefficient (Wildman–Crippen LogP) is 5.14. The second-order valence-corrected chi connectivity index (χ2v) is 7.51. The molecule has 1 fully saturated rings. The van der Waals surface area contributed by atoms with Gasteiger partial charge in [-0.15, -0.1) is 0 Å². The highest BCUT2D eigenvalue weighted by Crippen LogP contribution is 2.39. The molecule has 1 saturated heterocycles. The maximum atomic E-state index is 13.0. The number of halogens is 1. The molecule has 0 N–H and O–H groups in total. The van der Waals surface area contributed by atoms with Gasteiger partial charge in [0.25, 0.3) is 0 Å². The number of hydrogen-bond donors (Lipinski definition) is 0. The van der Waals surface area contributed by atoms with E-state index in [-0.39, 0.29) is 11.9 Å². The third kappa shape index (κ3) is 5.07. The Morgan fingerprint density at radius 3 is 2.58 bits per heavy atom. The SMILES string of the molecule is CCOc1c(Cl)cc(/C=C/C(=O)N2CCCC2c2cc(OC)ccc2OC)cc1OC. The first-order chi connectivity index (χ1) is 15.0. The molecule has 6 nitrogen and oxygen atoms in total. The van der Waals surface area contributed by atoms with Crippen LogP contribution in [0.1, 0.15) is 36.9 Å². The lowest BCUT2D eigenvalue weighted by molar-refractivity contribution is -0.126. The van der Waals surface area contributed by atoms with E-state index in [0.29, 0.717) is 29.7 Å². The summed E-state index contributed by atoms with van der Waals surface area (Å²) in [6, 6.07) is 9.15. The molecule has 31 heavy (non-hydrogen) atoms. The van der Waals surface area contributed by atoms with Gasteiger partial charge in [-0.2, -0.15) is 0 Å². The van der Waals surface area contributed by atoms with E-state index in [0.717, 1.165) is 35.5 Å². The molecule has 1 heterocycles. The highest BCUT2D eigenvalue weighted by atomic mass is 35.5. The van der Waals surface area contributed by atoms with Gasteiger partial charge in [-0.3, -0.25) is 4.79 Å². The van der Waals surface area contributed by atoms with Gasteiger partial charge < -0.3 is 23.8 Å². The third-order valence-electron chi connectivity index (χ3n) is 5.29. The van der Waals surface area contributed by atoms with Crippen LogP contribution in [0.25, 0.3) is 6.08 Å². The molecule has 0 aromatic heterocycles. The summed E-state index contributed by atoms with van der Waals surface area (Å²) in [5.74, 6) is 2.44. The zero-order valence-corrected chi connectivity index (χ0v) is 19.1. The number of ether oxygens (including phenoxy) is 4. The van der Waals surface area contributed by atoms with Crippen LogP contribution in [-0.2, 0) is 4.79 Å². The maximum absolute atomic E-state index is 13.0. The van der Waals surface area contributed by atoms with Gasteiger partial charge in [-0.05, 0) is 61.7 Å². The first kappa shape index (κ1) is 22.8. The van der Waals surface area contributed by atoms with Gasteiger partial charge >= 0.3 is 0 Å². The van der Waals surface area contributed by atoms with Crippen LogP contribution in [0.2, 0.25) is 5.02 Å². The molecule has 1 amide bonds. The first-order valence-corrected chi connectivity index (χ1v) is 10.6. The molecular weight excluding hydrogens is 418 g/mol. The minimum atomic E-state index is -0.0728. The standard InChI is InChI=1S/C24H28ClNO5/c1-5-31-24-19(25)13-16(14-22(24)30-4)8-11-23(27)26-12-6-7-20(26)18-15-17(28-2)9-10-21(18)29-3/h8-11,13-15,20H,5-7,12H2,1-4H3/b11-8+. The van der Waals surface area contributed by atoms with Crippen molar-refractivity contribution in [3.8, 4) is 23.0 Å². The smallest absolute Gasteiger partial charge is 0.247 e. The van der Waals surface area contributed by atoms with E-state index < -0.39 is 0 Å². The average Bonchev–Trinajstić information content (AvgIpc) is 3.28. The van der Waals surface area contributed by atoms with Crippen LogP contribution in [0, 0.1) is 0 Å². The Bertz CT molecular complexity index is 959. The summed E-state index contributed by atoms with van der Waals surface area (Å²) in [7, 11) is 4.82. The number of amides is 1. The van der Waals surface area contributed by atoms with Crippen LogP contribution in [0.15, 0.2) is 36.4 Å². The van der Waals surface area contributed by atoms with Crippen molar-refractivity contribution in [1.82, 2.24) is 4.90 Å². The lowest BCUT2D eigenvalue weighted by atomic mass is 10.0. The highest BCUT2D eigenvalue weighted by molar-refractivity contribution is 6.32. The van der Waals surface area contributed by atoms with E-state index >= 15 is 0 Å². The number of methoxy groups -OCH3 is 3. The zero-order chi connectivity index (χ0) is 22.4. The van der Waals surface area contributed by atoms with E-state index in [1.54, 1.807) is 45.6 Å². The Morgan fingerprint density at radius 2 is 1.90 bits per heavy atom. The van der Waals surface area contributed by atoms with Gasteiger partial charge in [-0.25, -0.2) is 0 Å². The summed E-state index contributed by atoms with van der Waals surface area (Å²) in [5, 5.41) is 0.438. The minimum Gasteiger partial charge on any atom is -0.497 e. The summed E-state index contributed by atoms with van der Waals surface area (Å²) < 4.78 is 21.8. The van der Waals surface area contributed by atoms with E-state index in [1.807, 2.05) is 30.0 Å². The fraction of sp³-hybridized carbons (Fsp3) is 0.375. The molecule has 166 valence electrons. The fourth-order valence-corrected chi connectivity index (χ4v) is 4.11. The molecule has 7 heteroatoms. The zero-order valence-electron chi connectivity index (χ0n) is 18.3. The van der Waals surface area contributed by atoms with Crippen LogP contribution in [-0.4, -0.2) is 45.3 Å². The van der Waals surface area contributed by atoms with E-state index in [1.165, 1.54) is 0 Å². The Balaban J connectivity index is 1.83. The minimum absolute atomic E-state index is 0.0688. The fourth-order valence-electron chi connectivity index (χ4n) is 3.84. The van der Waals surface area contributed by atoms with E-state index in [2.05, 4.69) is 0 Å². The second kappa shape index (κ2) is 10.4. The summed E-state index contributed by atoms with van der Waals surface area (Å²) >= 11 is 6.34. The Hall–Kier alpha value is -2.86. The summed E-state index contributed by atoms with van der Waals surface area (Å²) in [4.78, 5) is 14.9. The quantitative estimate of drug-likeness (QED) is 0.526. The van der Waals surface area contributed by atoms with Gasteiger partial charge in [0.15, 0.2) is 11.5 Å². The molecule has 0 saturated carbocycles. The van der Waals surface area contributed by atoms with Crippen LogP contribution in [0.4, 0.5) is 0 Å². The van der Waals surface area contributed by atoms with Crippen molar-refractivity contribution in [3.63, 3.8) is 0 Å². The van der Waals surface area contributed by atoms with Crippen LogP contribution in [0.5, 0.6) is 23.0 Å². The summed E-state index contributed by atoms with van der Waals surface area (Å²) in [5.41, 5.74) is 1.71. The summed E-state index contributed by atoms with van der Waals surface area (Å²) in [6.45, 7) is 3.04. The number of likely N-dealkylation sites (tertiary alicyclic amines) is 1. The topological polar surface area (TPSA) is 57.2 Å². The Kier molecular flexibility index (Phi) is 7.69. The second-order valence-electron chi connectivity index (χ2n) is 7.10. The Labute approximate surface area is 188 Å². The lowest BCUT2D eigenvalue weighted by Gasteiger charge is -2.25. The number of hydrogen-bond acceptors (Lipinski definition) is 5. The average molecular weight is 446 g/mol. The van der Waals surface area contributed by atoms with Crippen LogP contribution in [0.3, 0.4) is 0 Å². The van der Waals surface area contributed by atoms with Crippen molar-refractivity contribution >= 4 is 23.6 Å². The van der Waals surface area contributed by atoms with Crippen molar-refractivity contribution in [2.45, 2.75) is 25.8 Å². The third-order valence-corrected chi connectivity index (χ3v) is 5.57. The van der Waals surface area contributed by atoms with Gasteiger partial charge in [0.05, 0.1) is 39.0 Å². The molecule has 0 aliphatic carbocycles.